The minimum atomic E-state index is -4.66. The van der Waals surface area contributed by atoms with Crippen LogP contribution < -0.4 is 16.4 Å². The lowest BCUT2D eigenvalue weighted by Gasteiger charge is -2.17. The number of aromatic nitrogens is 3. The molecule has 2 aromatic heterocycles. The summed E-state index contributed by atoms with van der Waals surface area (Å²) in [5.74, 6) is -0.858. The molecule has 0 radical (unpaired) electrons. The van der Waals surface area contributed by atoms with Gasteiger partial charge in [0.2, 0.25) is 0 Å². The van der Waals surface area contributed by atoms with Crippen LogP contribution in [0.4, 0.5) is 24.7 Å². The third-order valence-electron chi connectivity index (χ3n) is 5.48. The zero-order valence-corrected chi connectivity index (χ0v) is 20.3. The average molecular weight is 540 g/mol. The highest BCUT2D eigenvalue weighted by Crippen LogP contribution is 2.36. The molecule has 4 rings (SSSR count). The quantitative estimate of drug-likeness (QED) is 0.415. The molecule has 0 unspecified atom stereocenters. The van der Waals surface area contributed by atoms with Crippen LogP contribution in [0.2, 0.25) is 5.02 Å². The van der Waals surface area contributed by atoms with Crippen LogP contribution in [0.3, 0.4) is 0 Å². The Hall–Kier alpha value is -3.29. The number of carbonyl (C=O) groups excluding carboxylic acids is 2. The molecule has 0 bridgehead atoms. The Morgan fingerprint density at radius 1 is 1.14 bits per heavy atom. The standard InChI is InChI=1S/C22H21ClF3N7O2S/c23-15-4-3-12(7-14(15)22(24,25)26)32-20(34)16-8-28-17(36-16)9-29-21(35)18-13(19(27)31-11-30-18)10-33-5-1-2-6-33/h3-4,7-8,11H,1-2,5-6,9-10H2,(H,29,35)(H,32,34)(H2,27,30,31). The third kappa shape index (κ3) is 6.09. The Balaban J connectivity index is 1.39. The molecule has 1 aliphatic rings. The maximum Gasteiger partial charge on any atom is 0.417 e. The van der Waals surface area contributed by atoms with Crippen LogP contribution in [-0.4, -0.2) is 44.8 Å². The molecule has 1 aromatic carbocycles. The molecule has 0 spiro atoms. The van der Waals surface area contributed by atoms with Gasteiger partial charge in [-0.25, -0.2) is 15.0 Å². The van der Waals surface area contributed by atoms with Crippen molar-refractivity contribution in [3.63, 3.8) is 0 Å². The van der Waals surface area contributed by atoms with Gasteiger partial charge in [0.25, 0.3) is 11.8 Å². The van der Waals surface area contributed by atoms with Gasteiger partial charge in [-0.2, -0.15) is 13.2 Å². The zero-order chi connectivity index (χ0) is 25.9. The molecule has 0 atom stereocenters. The smallest absolute Gasteiger partial charge is 0.383 e. The Bertz CT molecular complexity index is 1280. The van der Waals surface area contributed by atoms with Gasteiger partial charge in [-0.15, -0.1) is 11.3 Å². The van der Waals surface area contributed by atoms with Crippen molar-refractivity contribution in [1.82, 2.24) is 25.2 Å². The van der Waals surface area contributed by atoms with Gasteiger partial charge in [-0.1, -0.05) is 11.6 Å². The summed E-state index contributed by atoms with van der Waals surface area (Å²) in [5.41, 5.74) is 5.62. The number of rotatable bonds is 7. The van der Waals surface area contributed by atoms with Crippen LogP contribution in [0.25, 0.3) is 0 Å². The van der Waals surface area contributed by atoms with E-state index in [4.69, 9.17) is 17.3 Å². The van der Waals surface area contributed by atoms with Gasteiger partial charge in [0.15, 0.2) is 0 Å². The first-order chi connectivity index (χ1) is 17.1. The highest BCUT2D eigenvalue weighted by atomic mass is 35.5. The Labute approximate surface area is 212 Å². The first-order valence-electron chi connectivity index (χ1n) is 10.8. The fraction of sp³-hybridized carbons (Fsp3) is 0.318. The molecule has 3 aromatic rings. The number of thiazole rings is 1. The summed E-state index contributed by atoms with van der Waals surface area (Å²) < 4.78 is 39.2. The number of halogens is 4. The second-order valence-electron chi connectivity index (χ2n) is 8.02. The van der Waals surface area contributed by atoms with Crippen molar-refractivity contribution in [2.24, 2.45) is 0 Å². The van der Waals surface area contributed by atoms with Crippen molar-refractivity contribution in [3.05, 3.63) is 62.5 Å². The van der Waals surface area contributed by atoms with Gasteiger partial charge in [0.05, 0.1) is 23.3 Å². The molecule has 4 N–H and O–H groups in total. The van der Waals surface area contributed by atoms with Gasteiger partial charge in [0, 0.05) is 17.8 Å². The first kappa shape index (κ1) is 25.8. The van der Waals surface area contributed by atoms with Crippen molar-refractivity contribution >= 4 is 46.3 Å². The maximum atomic E-state index is 13.1. The monoisotopic (exact) mass is 539 g/mol. The lowest BCUT2D eigenvalue weighted by Crippen LogP contribution is -2.28. The van der Waals surface area contributed by atoms with E-state index < -0.39 is 28.6 Å². The predicted molar refractivity (Wildman–Crippen MR) is 129 cm³/mol. The van der Waals surface area contributed by atoms with E-state index in [0.29, 0.717) is 17.1 Å². The van der Waals surface area contributed by atoms with E-state index in [0.717, 1.165) is 49.4 Å². The van der Waals surface area contributed by atoms with Gasteiger partial charge < -0.3 is 16.4 Å². The van der Waals surface area contributed by atoms with E-state index in [1.54, 1.807) is 0 Å². The number of nitrogens with zero attached hydrogens (tertiary/aromatic N) is 4. The second kappa shape index (κ2) is 10.8. The normalized spacial score (nSPS) is 14.1. The van der Waals surface area contributed by atoms with E-state index in [-0.39, 0.29) is 28.6 Å². The largest absolute Gasteiger partial charge is 0.417 e. The number of alkyl halides is 3. The molecule has 14 heteroatoms. The molecule has 0 aliphatic carbocycles. The minimum absolute atomic E-state index is 0.0169. The van der Waals surface area contributed by atoms with Crippen LogP contribution in [0, 0.1) is 0 Å². The van der Waals surface area contributed by atoms with Crippen molar-refractivity contribution in [2.45, 2.75) is 32.1 Å². The van der Waals surface area contributed by atoms with Crippen LogP contribution >= 0.6 is 22.9 Å². The van der Waals surface area contributed by atoms with E-state index >= 15 is 0 Å². The maximum absolute atomic E-state index is 13.1. The number of nitrogens with one attached hydrogen (secondary N) is 2. The van der Waals surface area contributed by atoms with Crippen LogP contribution in [0.5, 0.6) is 0 Å². The van der Waals surface area contributed by atoms with E-state index in [1.807, 2.05) is 0 Å². The highest BCUT2D eigenvalue weighted by molar-refractivity contribution is 7.13. The molecule has 190 valence electrons. The summed E-state index contributed by atoms with van der Waals surface area (Å²) in [7, 11) is 0. The topological polar surface area (TPSA) is 126 Å². The third-order valence-corrected chi connectivity index (χ3v) is 6.81. The van der Waals surface area contributed by atoms with Crippen molar-refractivity contribution in [3.8, 4) is 0 Å². The highest BCUT2D eigenvalue weighted by Gasteiger charge is 2.33. The predicted octanol–water partition coefficient (Wildman–Crippen LogP) is 3.97. The first-order valence-corrected chi connectivity index (χ1v) is 12.0. The Morgan fingerprint density at radius 2 is 1.89 bits per heavy atom. The molecular weight excluding hydrogens is 519 g/mol. The number of anilines is 2. The lowest BCUT2D eigenvalue weighted by molar-refractivity contribution is -0.137. The van der Waals surface area contributed by atoms with Gasteiger partial charge in [0.1, 0.15) is 27.7 Å². The number of nitrogen functional groups attached to an aromatic ring is 1. The van der Waals surface area contributed by atoms with Crippen molar-refractivity contribution in [2.75, 3.05) is 24.1 Å². The molecule has 0 saturated carbocycles. The SMILES string of the molecule is Nc1ncnc(C(=O)NCc2ncc(C(=O)Nc3ccc(Cl)c(C(F)(F)F)c3)s2)c1CN1CCCC1. The zero-order valence-electron chi connectivity index (χ0n) is 18.7. The summed E-state index contributed by atoms with van der Waals surface area (Å²) in [5, 5.41) is 5.07. The fourth-order valence-electron chi connectivity index (χ4n) is 3.69. The summed E-state index contributed by atoms with van der Waals surface area (Å²) in [6, 6.07) is 3.09. The van der Waals surface area contributed by atoms with E-state index in [9.17, 15) is 22.8 Å². The molecule has 1 aliphatic heterocycles. The summed E-state index contributed by atoms with van der Waals surface area (Å²) >= 11 is 6.60. The number of carbonyl (C=O) groups is 2. The molecule has 1 saturated heterocycles. The number of benzene rings is 1. The second-order valence-corrected chi connectivity index (χ2v) is 9.54. The molecule has 3 heterocycles. The molecule has 9 nitrogen and oxygen atoms in total. The average Bonchev–Trinajstić information content (AvgIpc) is 3.51. The summed E-state index contributed by atoms with van der Waals surface area (Å²) in [6.45, 7) is 2.31. The molecule has 2 amide bonds. The molecular formula is C22H21ClF3N7O2S. The van der Waals surface area contributed by atoms with Gasteiger partial charge in [-0.05, 0) is 44.1 Å². The van der Waals surface area contributed by atoms with Crippen LogP contribution in [0.1, 0.15) is 49.1 Å². The summed E-state index contributed by atoms with van der Waals surface area (Å²) in [6.07, 6.45) is 0.0115. The van der Waals surface area contributed by atoms with Gasteiger partial charge in [-0.3, -0.25) is 14.5 Å². The minimum Gasteiger partial charge on any atom is -0.383 e. The number of hydrogen-bond acceptors (Lipinski definition) is 8. The molecule has 36 heavy (non-hydrogen) atoms. The lowest BCUT2D eigenvalue weighted by atomic mass is 10.2. The fourth-order valence-corrected chi connectivity index (χ4v) is 4.67. The van der Waals surface area contributed by atoms with Crippen molar-refractivity contribution in [1.29, 1.82) is 0 Å². The number of amides is 2. The number of nitrogens with two attached hydrogens (primary N) is 1. The number of hydrogen-bond donors (Lipinski definition) is 3. The van der Waals surface area contributed by atoms with E-state index in [2.05, 4.69) is 30.5 Å². The van der Waals surface area contributed by atoms with Crippen molar-refractivity contribution < 1.29 is 22.8 Å². The Morgan fingerprint density at radius 3 is 2.61 bits per heavy atom. The van der Waals surface area contributed by atoms with Crippen LogP contribution in [0.15, 0.2) is 30.7 Å². The molecule has 1 fully saturated rings. The number of likely N-dealkylation sites (tertiary alicyclic amines) is 1. The van der Waals surface area contributed by atoms with Crippen LogP contribution in [-0.2, 0) is 19.3 Å². The van der Waals surface area contributed by atoms with E-state index in [1.165, 1.54) is 18.6 Å². The Kier molecular flexibility index (Phi) is 7.71. The van der Waals surface area contributed by atoms with Gasteiger partial charge >= 0.3 is 6.18 Å². The summed E-state index contributed by atoms with van der Waals surface area (Å²) in [4.78, 5) is 39.9.